The van der Waals surface area contributed by atoms with Crippen molar-refractivity contribution in [2.45, 2.75) is 31.7 Å². The second-order valence-corrected chi connectivity index (χ2v) is 7.43. The Hall–Kier alpha value is -2.19. The van der Waals surface area contributed by atoms with Gasteiger partial charge in [0.1, 0.15) is 12.1 Å². The third kappa shape index (κ3) is 3.64. The summed E-state index contributed by atoms with van der Waals surface area (Å²) >= 11 is 6.39. The molecule has 1 saturated carbocycles. The summed E-state index contributed by atoms with van der Waals surface area (Å²) in [5.41, 5.74) is 1.04. The van der Waals surface area contributed by atoms with E-state index in [1.54, 1.807) is 19.2 Å². The average Bonchev–Trinajstić information content (AvgIpc) is 3.41. The van der Waals surface area contributed by atoms with Crippen LogP contribution in [0, 0.1) is 0 Å². The van der Waals surface area contributed by atoms with Gasteiger partial charge in [0.05, 0.1) is 23.4 Å². The van der Waals surface area contributed by atoms with Crippen molar-refractivity contribution in [3.63, 3.8) is 0 Å². The van der Waals surface area contributed by atoms with Gasteiger partial charge in [-0.25, -0.2) is 0 Å². The Bertz CT molecular complexity index is 798. The fraction of sp³-hybridized carbons (Fsp3) is 0.556. The minimum absolute atomic E-state index is 0.0527. The van der Waals surface area contributed by atoms with Crippen molar-refractivity contribution >= 4 is 17.5 Å². The number of carbonyl (C=O) groups excluding carboxylic acids is 1. The van der Waals surface area contributed by atoms with E-state index in [1.165, 1.54) is 36.7 Å². The van der Waals surface area contributed by atoms with Crippen molar-refractivity contribution in [2.75, 3.05) is 33.3 Å². The van der Waals surface area contributed by atoms with Gasteiger partial charge in [-0.15, -0.1) is 5.10 Å². The second kappa shape index (κ2) is 7.82. The van der Waals surface area contributed by atoms with Crippen molar-refractivity contribution in [1.29, 1.82) is 0 Å². The predicted molar refractivity (Wildman–Crippen MR) is 100 cm³/mol. The standard InChI is InChI=1S/C18H23ClN6O2/c1-27-17-11-16(25-12-20-21-22-25)15(19)10-14(17)18(26)24-8-6-23(7-9-24)13-4-2-3-5-13/h10-13H,2-9H2,1H3. The average molecular weight is 391 g/mol. The Morgan fingerprint density at radius 2 is 1.93 bits per heavy atom. The molecule has 1 amide bonds. The Morgan fingerprint density at radius 3 is 2.56 bits per heavy atom. The van der Waals surface area contributed by atoms with Crippen LogP contribution in [-0.2, 0) is 0 Å². The minimum Gasteiger partial charge on any atom is -0.496 e. The topological polar surface area (TPSA) is 76.4 Å². The quantitative estimate of drug-likeness (QED) is 0.795. The summed E-state index contributed by atoms with van der Waals surface area (Å²) < 4.78 is 6.90. The number of piperazine rings is 1. The van der Waals surface area contributed by atoms with E-state index < -0.39 is 0 Å². The highest BCUT2D eigenvalue weighted by Gasteiger charge is 2.29. The SMILES string of the molecule is COc1cc(-n2cnnn2)c(Cl)cc1C(=O)N1CCN(C2CCCC2)CC1. The Kier molecular flexibility index (Phi) is 5.27. The van der Waals surface area contributed by atoms with Crippen LogP contribution in [0.3, 0.4) is 0 Å². The highest BCUT2D eigenvalue weighted by atomic mass is 35.5. The smallest absolute Gasteiger partial charge is 0.257 e. The van der Waals surface area contributed by atoms with Crippen LogP contribution in [0.1, 0.15) is 36.0 Å². The highest BCUT2D eigenvalue weighted by Crippen LogP contribution is 2.31. The molecule has 1 aromatic heterocycles. The second-order valence-electron chi connectivity index (χ2n) is 7.02. The molecule has 2 fully saturated rings. The molecule has 0 spiro atoms. The van der Waals surface area contributed by atoms with Crippen LogP contribution in [0.25, 0.3) is 5.69 Å². The summed E-state index contributed by atoms with van der Waals surface area (Å²) in [4.78, 5) is 17.5. The summed E-state index contributed by atoms with van der Waals surface area (Å²) in [5, 5.41) is 11.5. The molecule has 0 bridgehead atoms. The molecule has 2 aliphatic rings. The van der Waals surface area contributed by atoms with E-state index in [2.05, 4.69) is 20.4 Å². The molecular weight excluding hydrogens is 368 g/mol. The van der Waals surface area contributed by atoms with Gasteiger partial charge in [0.25, 0.3) is 5.91 Å². The van der Waals surface area contributed by atoms with Gasteiger partial charge in [-0.3, -0.25) is 9.69 Å². The number of benzene rings is 1. The van der Waals surface area contributed by atoms with Crippen molar-refractivity contribution in [2.24, 2.45) is 0 Å². The molecule has 1 aliphatic carbocycles. The van der Waals surface area contributed by atoms with Crippen molar-refractivity contribution in [1.82, 2.24) is 30.0 Å². The van der Waals surface area contributed by atoms with Gasteiger partial charge in [-0.1, -0.05) is 24.4 Å². The number of tetrazole rings is 1. The molecule has 0 atom stereocenters. The molecule has 0 unspecified atom stereocenters. The van der Waals surface area contributed by atoms with Crippen LogP contribution in [0.2, 0.25) is 5.02 Å². The Morgan fingerprint density at radius 1 is 1.19 bits per heavy atom. The maximum absolute atomic E-state index is 13.1. The predicted octanol–water partition coefficient (Wildman–Crippen LogP) is 2.02. The first-order chi connectivity index (χ1) is 13.2. The third-order valence-corrected chi connectivity index (χ3v) is 5.84. The molecule has 9 heteroatoms. The van der Waals surface area contributed by atoms with Crippen LogP contribution in [0.15, 0.2) is 18.5 Å². The molecule has 2 heterocycles. The van der Waals surface area contributed by atoms with Crippen LogP contribution in [0.5, 0.6) is 5.75 Å². The van der Waals surface area contributed by atoms with E-state index in [0.29, 0.717) is 28.1 Å². The molecule has 1 aromatic carbocycles. The van der Waals surface area contributed by atoms with Gasteiger partial charge in [0.15, 0.2) is 0 Å². The highest BCUT2D eigenvalue weighted by molar-refractivity contribution is 6.33. The van der Waals surface area contributed by atoms with Gasteiger partial charge in [-0.05, 0) is 29.3 Å². The van der Waals surface area contributed by atoms with Gasteiger partial charge < -0.3 is 9.64 Å². The van der Waals surface area contributed by atoms with Crippen molar-refractivity contribution in [3.05, 3.63) is 29.0 Å². The molecule has 8 nitrogen and oxygen atoms in total. The summed E-state index contributed by atoms with van der Waals surface area (Å²) in [6, 6.07) is 4.03. The largest absolute Gasteiger partial charge is 0.496 e. The minimum atomic E-state index is -0.0527. The number of hydrogen-bond donors (Lipinski definition) is 0. The number of hydrogen-bond acceptors (Lipinski definition) is 6. The first kappa shape index (κ1) is 18.2. The van der Waals surface area contributed by atoms with Gasteiger partial charge in [0.2, 0.25) is 0 Å². The van der Waals surface area contributed by atoms with E-state index in [0.717, 1.165) is 26.2 Å². The number of ether oxygens (including phenoxy) is 1. The summed E-state index contributed by atoms with van der Waals surface area (Å²) in [6.07, 6.45) is 6.68. The van der Waals surface area contributed by atoms with Crippen molar-refractivity contribution < 1.29 is 9.53 Å². The number of nitrogens with zero attached hydrogens (tertiary/aromatic N) is 6. The lowest BCUT2D eigenvalue weighted by Crippen LogP contribution is -2.51. The molecule has 0 radical (unpaired) electrons. The first-order valence-corrected chi connectivity index (χ1v) is 9.69. The molecule has 1 saturated heterocycles. The first-order valence-electron chi connectivity index (χ1n) is 9.31. The maximum atomic E-state index is 13.1. The number of rotatable bonds is 4. The van der Waals surface area contributed by atoms with Gasteiger partial charge in [-0.2, -0.15) is 4.68 Å². The number of aromatic nitrogens is 4. The molecule has 1 aliphatic heterocycles. The van der Waals surface area contributed by atoms with Gasteiger partial charge >= 0.3 is 0 Å². The van der Waals surface area contributed by atoms with E-state index in [4.69, 9.17) is 16.3 Å². The van der Waals surface area contributed by atoms with Crippen LogP contribution >= 0.6 is 11.6 Å². The van der Waals surface area contributed by atoms with E-state index in [1.807, 2.05) is 4.90 Å². The van der Waals surface area contributed by atoms with E-state index >= 15 is 0 Å². The lowest BCUT2D eigenvalue weighted by atomic mass is 10.1. The summed E-state index contributed by atoms with van der Waals surface area (Å²) in [6.45, 7) is 3.31. The zero-order valence-electron chi connectivity index (χ0n) is 15.3. The fourth-order valence-corrected chi connectivity index (χ4v) is 4.31. The van der Waals surface area contributed by atoms with Crippen LogP contribution in [-0.4, -0.2) is 75.2 Å². The molecule has 27 heavy (non-hydrogen) atoms. The number of methoxy groups -OCH3 is 1. The summed E-state index contributed by atoms with van der Waals surface area (Å²) in [5.74, 6) is 0.413. The lowest BCUT2D eigenvalue weighted by molar-refractivity contribution is 0.0570. The fourth-order valence-electron chi connectivity index (χ4n) is 4.06. The Labute approximate surface area is 163 Å². The number of halogens is 1. The molecule has 0 N–H and O–H groups in total. The monoisotopic (exact) mass is 390 g/mol. The molecule has 144 valence electrons. The van der Waals surface area contributed by atoms with Crippen LogP contribution < -0.4 is 4.74 Å². The van der Waals surface area contributed by atoms with Gasteiger partial charge in [0, 0.05) is 38.3 Å². The maximum Gasteiger partial charge on any atom is 0.257 e. The molecule has 2 aromatic rings. The Balaban J connectivity index is 1.51. The zero-order chi connectivity index (χ0) is 18.8. The molecular formula is C18H23ClN6O2. The van der Waals surface area contributed by atoms with Crippen molar-refractivity contribution in [3.8, 4) is 11.4 Å². The molecule has 4 rings (SSSR count). The normalized spacial score (nSPS) is 18.8. The van der Waals surface area contributed by atoms with E-state index in [-0.39, 0.29) is 5.91 Å². The third-order valence-electron chi connectivity index (χ3n) is 5.54. The summed E-state index contributed by atoms with van der Waals surface area (Å²) in [7, 11) is 1.54. The van der Waals surface area contributed by atoms with E-state index in [9.17, 15) is 4.79 Å². The number of amides is 1. The van der Waals surface area contributed by atoms with Crippen LogP contribution in [0.4, 0.5) is 0 Å². The zero-order valence-corrected chi connectivity index (χ0v) is 16.1. The number of carbonyl (C=O) groups is 1. The lowest BCUT2D eigenvalue weighted by Gasteiger charge is -2.38.